The first-order valence-electron chi connectivity index (χ1n) is 5.62. The lowest BCUT2D eigenvalue weighted by Crippen LogP contribution is -2.41. The molecule has 1 rings (SSSR count). The highest BCUT2D eigenvalue weighted by atomic mass is 14.8. The average Bonchev–Trinajstić information content (AvgIpc) is 2.30. The fourth-order valence-electron chi connectivity index (χ4n) is 2.01. The van der Waals surface area contributed by atoms with Crippen molar-refractivity contribution in [2.24, 2.45) is 17.1 Å². The van der Waals surface area contributed by atoms with Crippen molar-refractivity contribution in [2.45, 2.75) is 58.9 Å². The topological polar surface area (TPSA) is 26.0 Å². The molecule has 14 heavy (non-hydrogen) atoms. The van der Waals surface area contributed by atoms with Gasteiger partial charge in [-0.25, -0.2) is 0 Å². The molecule has 0 aromatic rings. The van der Waals surface area contributed by atoms with Crippen molar-refractivity contribution in [3.05, 3.63) is 0 Å². The van der Waals surface area contributed by atoms with Crippen LogP contribution >= 0.6 is 0 Å². The molecule has 1 nitrogen and oxygen atoms in total. The molecule has 1 fully saturated rings. The van der Waals surface area contributed by atoms with E-state index in [9.17, 15) is 0 Å². The predicted molar refractivity (Wildman–Crippen MR) is 61.8 cm³/mol. The SMILES string of the molecule is CC1CCCC1(N)CC#CC(C)(C)C. The number of nitrogens with two attached hydrogens (primary N) is 1. The Morgan fingerprint density at radius 2 is 2.07 bits per heavy atom. The highest BCUT2D eigenvalue weighted by Gasteiger charge is 2.35. The van der Waals surface area contributed by atoms with Crippen molar-refractivity contribution in [1.29, 1.82) is 0 Å². The second-order valence-corrected chi connectivity index (χ2v) is 5.75. The van der Waals surface area contributed by atoms with E-state index in [0.717, 1.165) is 12.8 Å². The van der Waals surface area contributed by atoms with Crippen LogP contribution in [0.15, 0.2) is 0 Å². The summed E-state index contributed by atoms with van der Waals surface area (Å²) in [7, 11) is 0. The van der Waals surface area contributed by atoms with Gasteiger partial charge in [-0.15, -0.1) is 5.92 Å². The largest absolute Gasteiger partial charge is 0.324 e. The van der Waals surface area contributed by atoms with Gasteiger partial charge in [-0.2, -0.15) is 0 Å². The maximum atomic E-state index is 6.33. The van der Waals surface area contributed by atoms with Gasteiger partial charge in [-0.3, -0.25) is 0 Å². The number of rotatable bonds is 1. The predicted octanol–water partition coefficient (Wildman–Crippen LogP) is 2.94. The van der Waals surface area contributed by atoms with Crippen molar-refractivity contribution in [1.82, 2.24) is 0 Å². The molecule has 1 saturated carbocycles. The Labute approximate surface area is 88.5 Å². The fraction of sp³-hybridized carbons (Fsp3) is 0.846. The van der Waals surface area contributed by atoms with E-state index in [4.69, 9.17) is 5.73 Å². The van der Waals surface area contributed by atoms with Crippen molar-refractivity contribution < 1.29 is 0 Å². The summed E-state index contributed by atoms with van der Waals surface area (Å²) in [6.07, 6.45) is 4.56. The second-order valence-electron chi connectivity index (χ2n) is 5.75. The highest BCUT2D eigenvalue weighted by Crippen LogP contribution is 2.35. The average molecular weight is 193 g/mol. The minimum absolute atomic E-state index is 0.00174. The van der Waals surface area contributed by atoms with Gasteiger partial charge in [0, 0.05) is 17.4 Å². The standard InChI is InChI=1S/C13H23N/c1-11-7-5-9-13(11,14)10-6-8-12(2,3)4/h11H,5,7,9-10,14H2,1-4H3. The summed E-state index contributed by atoms with van der Waals surface area (Å²) in [5.41, 5.74) is 6.44. The summed E-state index contributed by atoms with van der Waals surface area (Å²) in [5, 5.41) is 0. The smallest absolute Gasteiger partial charge is 0.0290 e. The summed E-state index contributed by atoms with van der Waals surface area (Å²) < 4.78 is 0. The molecule has 0 aromatic carbocycles. The first kappa shape index (κ1) is 11.6. The maximum Gasteiger partial charge on any atom is 0.0290 e. The van der Waals surface area contributed by atoms with Gasteiger partial charge >= 0.3 is 0 Å². The van der Waals surface area contributed by atoms with Crippen LogP contribution in [-0.4, -0.2) is 5.54 Å². The van der Waals surface area contributed by atoms with Crippen LogP contribution in [0.1, 0.15) is 53.4 Å². The van der Waals surface area contributed by atoms with E-state index in [2.05, 4.69) is 39.5 Å². The summed E-state index contributed by atoms with van der Waals surface area (Å²) in [4.78, 5) is 0. The van der Waals surface area contributed by atoms with Crippen LogP contribution in [0.4, 0.5) is 0 Å². The van der Waals surface area contributed by atoms with E-state index >= 15 is 0 Å². The molecule has 80 valence electrons. The van der Waals surface area contributed by atoms with Crippen LogP contribution < -0.4 is 5.73 Å². The Morgan fingerprint density at radius 3 is 2.50 bits per heavy atom. The van der Waals surface area contributed by atoms with Gasteiger partial charge in [0.1, 0.15) is 0 Å². The molecule has 1 aliphatic carbocycles. The van der Waals surface area contributed by atoms with Crippen LogP contribution in [0.5, 0.6) is 0 Å². The van der Waals surface area contributed by atoms with Crippen molar-refractivity contribution >= 4 is 0 Å². The van der Waals surface area contributed by atoms with E-state index in [1.807, 2.05) is 0 Å². The normalized spacial score (nSPS) is 32.5. The van der Waals surface area contributed by atoms with Crippen molar-refractivity contribution in [3.63, 3.8) is 0 Å². The minimum atomic E-state index is -0.00174. The monoisotopic (exact) mass is 193 g/mol. The zero-order chi connectivity index (χ0) is 10.8. The molecule has 0 saturated heterocycles. The summed E-state index contributed by atoms with van der Waals surface area (Å²) in [6.45, 7) is 8.68. The fourth-order valence-corrected chi connectivity index (χ4v) is 2.01. The van der Waals surface area contributed by atoms with Crippen LogP contribution in [-0.2, 0) is 0 Å². The quantitative estimate of drug-likeness (QED) is 0.637. The first-order valence-corrected chi connectivity index (χ1v) is 5.62. The molecule has 0 bridgehead atoms. The zero-order valence-corrected chi connectivity index (χ0v) is 9.98. The summed E-state index contributed by atoms with van der Waals surface area (Å²) in [6, 6.07) is 0. The van der Waals surface area contributed by atoms with Crippen LogP contribution in [0, 0.1) is 23.2 Å². The molecular formula is C13H23N. The summed E-state index contributed by atoms with van der Waals surface area (Å²) in [5.74, 6) is 7.16. The van der Waals surface area contributed by atoms with Gasteiger partial charge in [-0.05, 0) is 39.5 Å². The Balaban J connectivity index is 2.55. The van der Waals surface area contributed by atoms with Crippen LogP contribution in [0.2, 0.25) is 0 Å². The van der Waals surface area contributed by atoms with Gasteiger partial charge < -0.3 is 5.73 Å². The van der Waals surface area contributed by atoms with E-state index < -0.39 is 0 Å². The lowest BCUT2D eigenvalue weighted by Gasteiger charge is -2.26. The highest BCUT2D eigenvalue weighted by molar-refractivity contribution is 5.12. The molecular weight excluding hydrogens is 170 g/mol. The third-order valence-electron chi connectivity index (χ3n) is 3.14. The minimum Gasteiger partial charge on any atom is -0.324 e. The molecule has 0 spiro atoms. The van der Waals surface area contributed by atoms with E-state index in [-0.39, 0.29) is 11.0 Å². The van der Waals surface area contributed by atoms with Crippen molar-refractivity contribution in [2.75, 3.05) is 0 Å². The van der Waals surface area contributed by atoms with Gasteiger partial charge in [0.05, 0.1) is 0 Å². The third kappa shape index (κ3) is 3.03. The molecule has 0 heterocycles. The van der Waals surface area contributed by atoms with Gasteiger partial charge in [0.2, 0.25) is 0 Å². The molecule has 0 radical (unpaired) electrons. The van der Waals surface area contributed by atoms with Gasteiger partial charge in [0.15, 0.2) is 0 Å². The molecule has 1 heteroatoms. The number of hydrogen-bond donors (Lipinski definition) is 1. The Kier molecular flexibility index (Phi) is 3.27. The second kappa shape index (κ2) is 3.95. The number of hydrogen-bond acceptors (Lipinski definition) is 1. The molecule has 1 aliphatic rings. The molecule has 0 aromatic heterocycles. The van der Waals surface area contributed by atoms with Gasteiger partial charge in [-0.1, -0.05) is 19.3 Å². The molecule has 2 unspecified atom stereocenters. The van der Waals surface area contributed by atoms with Crippen LogP contribution in [0.3, 0.4) is 0 Å². The van der Waals surface area contributed by atoms with Crippen LogP contribution in [0.25, 0.3) is 0 Å². The maximum absolute atomic E-state index is 6.33. The molecule has 2 atom stereocenters. The first-order chi connectivity index (χ1) is 6.33. The van der Waals surface area contributed by atoms with E-state index in [0.29, 0.717) is 5.92 Å². The lowest BCUT2D eigenvalue weighted by molar-refractivity contribution is 0.346. The van der Waals surface area contributed by atoms with Gasteiger partial charge in [0.25, 0.3) is 0 Å². The molecule has 0 amide bonds. The Bertz CT molecular complexity index is 251. The Hall–Kier alpha value is -0.480. The summed E-state index contributed by atoms with van der Waals surface area (Å²) >= 11 is 0. The van der Waals surface area contributed by atoms with E-state index in [1.165, 1.54) is 12.8 Å². The third-order valence-corrected chi connectivity index (χ3v) is 3.14. The molecule has 2 N–H and O–H groups in total. The van der Waals surface area contributed by atoms with Crippen molar-refractivity contribution in [3.8, 4) is 11.8 Å². The zero-order valence-electron chi connectivity index (χ0n) is 9.98. The Morgan fingerprint density at radius 1 is 1.43 bits per heavy atom. The molecule has 0 aliphatic heterocycles. The lowest BCUT2D eigenvalue weighted by atomic mass is 9.86. The van der Waals surface area contributed by atoms with E-state index in [1.54, 1.807) is 0 Å².